The minimum atomic E-state index is -0.175. The molecule has 0 amide bonds. The summed E-state index contributed by atoms with van der Waals surface area (Å²) in [5.41, 5.74) is 4.49. The second-order valence-electron chi connectivity index (χ2n) is 13.1. The number of esters is 1. The molecule has 0 radical (unpaired) electrons. The molecule has 0 heterocycles. The van der Waals surface area contributed by atoms with Crippen molar-refractivity contribution in [1.82, 2.24) is 0 Å². The van der Waals surface area contributed by atoms with Gasteiger partial charge in [-0.1, -0.05) is 134 Å². The van der Waals surface area contributed by atoms with Gasteiger partial charge in [0.1, 0.15) is 11.8 Å². The van der Waals surface area contributed by atoms with E-state index in [1.165, 1.54) is 114 Å². The average molecular weight is 586 g/mol. The Labute approximate surface area is 263 Å². The van der Waals surface area contributed by atoms with E-state index in [-0.39, 0.29) is 11.9 Å². The Balaban J connectivity index is 1.35. The summed E-state index contributed by atoms with van der Waals surface area (Å²) in [5.74, 6) is 0.681. The number of nitriles is 1. The largest absolute Gasteiger partial charge is 0.425 e. The minimum absolute atomic E-state index is 0.0824. The van der Waals surface area contributed by atoms with Gasteiger partial charge in [-0.15, -0.1) is 0 Å². The first-order valence-corrected chi connectivity index (χ1v) is 18.0. The van der Waals surface area contributed by atoms with E-state index in [1.54, 1.807) is 0 Å². The van der Waals surface area contributed by atoms with Gasteiger partial charge in [0.25, 0.3) is 0 Å². The van der Waals surface area contributed by atoms with E-state index in [2.05, 4.69) is 44.2 Å². The molecule has 0 aliphatic heterocycles. The van der Waals surface area contributed by atoms with Gasteiger partial charge in [-0.3, -0.25) is 4.79 Å². The van der Waals surface area contributed by atoms with Gasteiger partial charge in [-0.25, -0.2) is 0 Å². The number of rotatable bonds is 21. The molecule has 0 saturated heterocycles. The smallest absolute Gasteiger partial charge is 0.314 e. The number of hydrogen-bond acceptors (Lipinski definition) is 3. The van der Waals surface area contributed by atoms with E-state index in [0.717, 1.165) is 44.1 Å². The van der Waals surface area contributed by atoms with Gasteiger partial charge >= 0.3 is 5.97 Å². The highest BCUT2D eigenvalue weighted by Crippen LogP contribution is 2.37. The third-order valence-corrected chi connectivity index (χ3v) is 9.52. The van der Waals surface area contributed by atoms with Crippen molar-refractivity contribution in [3.8, 4) is 11.8 Å². The highest BCUT2D eigenvalue weighted by atomic mass is 16.5. The molecule has 1 aliphatic rings. The van der Waals surface area contributed by atoms with Gasteiger partial charge in [-0.2, -0.15) is 5.26 Å². The molecular formula is C40H59NO2. The van der Waals surface area contributed by atoms with E-state index < -0.39 is 0 Å². The van der Waals surface area contributed by atoms with Crippen LogP contribution in [0.3, 0.4) is 0 Å². The molecule has 43 heavy (non-hydrogen) atoms. The molecule has 0 atom stereocenters. The molecule has 3 rings (SSSR count). The van der Waals surface area contributed by atoms with Gasteiger partial charge < -0.3 is 4.74 Å². The number of nitrogens with zero attached hydrogens (tertiary/aromatic N) is 1. The molecular weight excluding hydrogens is 526 g/mol. The SMILES string of the molecule is CCCCCCCCCCc1ccc(C2CCC(C(=O)Oc3ccc(CCCCCCCCCC)cc3C#N)CC2)cc1. The first-order chi connectivity index (χ1) is 21.1. The molecule has 2 aromatic rings. The standard InChI is InChI=1S/C40H59NO2/c1-3-5-7-9-11-13-15-17-19-33-21-24-35(25-22-33)36-26-28-37(29-27-36)40(42)43-39-30-23-34(31-38(39)32-41)20-18-16-14-12-10-8-6-4-2/h21-25,30-31,36-37H,3-20,26-29H2,1-2H3. The second kappa shape index (κ2) is 21.2. The van der Waals surface area contributed by atoms with Crippen molar-refractivity contribution in [2.24, 2.45) is 5.92 Å². The molecule has 0 aromatic heterocycles. The summed E-state index contributed by atoms with van der Waals surface area (Å²) >= 11 is 0. The van der Waals surface area contributed by atoms with E-state index in [4.69, 9.17) is 4.74 Å². The van der Waals surface area contributed by atoms with Crippen molar-refractivity contribution in [1.29, 1.82) is 5.26 Å². The lowest BCUT2D eigenvalue weighted by Crippen LogP contribution is -2.25. The van der Waals surface area contributed by atoms with Crippen LogP contribution in [0.15, 0.2) is 42.5 Å². The number of hydrogen-bond donors (Lipinski definition) is 0. The van der Waals surface area contributed by atoms with Gasteiger partial charge in [0.15, 0.2) is 0 Å². The highest BCUT2D eigenvalue weighted by molar-refractivity contribution is 5.76. The van der Waals surface area contributed by atoms with Gasteiger partial charge in [0.2, 0.25) is 0 Å². The van der Waals surface area contributed by atoms with Crippen LogP contribution in [-0.4, -0.2) is 5.97 Å². The monoisotopic (exact) mass is 585 g/mol. The maximum Gasteiger partial charge on any atom is 0.314 e. The molecule has 236 valence electrons. The minimum Gasteiger partial charge on any atom is -0.425 e. The molecule has 0 N–H and O–H groups in total. The Morgan fingerprint density at radius 1 is 0.674 bits per heavy atom. The van der Waals surface area contributed by atoms with Crippen molar-refractivity contribution in [2.75, 3.05) is 0 Å². The molecule has 3 nitrogen and oxygen atoms in total. The van der Waals surface area contributed by atoms with Crippen LogP contribution in [0.4, 0.5) is 0 Å². The number of ether oxygens (including phenoxy) is 1. The molecule has 1 saturated carbocycles. The van der Waals surface area contributed by atoms with E-state index in [1.807, 2.05) is 18.2 Å². The van der Waals surface area contributed by atoms with Crippen LogP contribution in [0.25, 0.3) is 0 Å². The van der Waals surface area contributed by atoms with Crippen molar-refractivity contribution >= 4 is 5.97 Å². The lowest BCUT2D eigenvalue weighted by molar-refractivity contribution is -0.140. The summed E-state index contributed by atoms with van der Waals surface area (Å²) in [5, 5.41) is 9.73. The summed E-state index contributed by atoms with van der Waals surface area (Å²) < 4.78 is 5.80. The maximum atomic E-state index is 13.0. The fraction of sp³-hybridized carbons (Fsp3) is 0.650. The third-order valence-electron chi connectivity index (χ3n) is 9.52. The van der Waals surface area contributed by atoms with Crippen molar-refractivity contribution < 1.29 is 9.53 Å². The second-order valence-corrected chi connectivity index (χ2v) is 13.1. The van der Waals surface area contributed by atoms with Gasteiger partial charge in [-0.05, 0) is 86.1 Å². The number of aryl methyl sites for hydroxylation is 2. The summed E-state index contributed by atoms with van der Waals surface area (Å²) in [7, 11) is 0. The Bertz CT molecular complexity index is 1070. The quantitative estimate of drug-likeness (QED) is 0.0831. The summed E-state index contributed by atoms with van der Waals surface area (Å²) in [6.07, 6.45) is 27.1. The van der Waals surface area contributed by atoms with E-state index in [9.17, 15) is 10.1 Å². The number of unbranched alkanes of at least 4 members (excludes halogenated alkanes) is 14. The Hall–Kier alpha value is -2.60. The number of carbonyl (C=O) groups excluding carboxylic acids is 1. The lowest BCUT2D eigenvalue weighted by Gasteiger charge is -2.27. The summed E-state index contributed by atoms with van der Waals surface area (Å²) in [6, 6.07) is 17.3. The lowest BCUT2D eigenvalue weighted by atomic mass is 9.78. The number of carbonyl (C=O) groups is 1. The Morgan fingerprint density at radius 2 is 1.16 bits per heavy atom. The topological polar surface area (TPSA) is 50.1 Å². The third kappa shape index (κ3) is 13.3. The highest BCUT2D eigenvalue weighted by Gasteiger charge is 2.29. The van der Waals surface area contributed by atoms with Crippen molar-refractivity contribution in [3.63, 3.8) is 0 Å². The molecule has 1 aliphatic carbocycles. The predicted octanol–water partition coefficient (Wildman–Crippen LogP) is 11.8. The molecule has 3 heteroatoms. The first kappa shape index (κ1) is 34.9. The van der Waals surface area contributed by atoms with E-state index >= 15 is 0 Å². The summed E-state index contributed by atoms with van der Waals surface area (Å²) in [4.78, 5) is 13.0. The predicted molar refractivity (Wildman–Crippen MR) is 181 cm³/mol. The van der Waals surface area contributed by atoms with Crippen molar-refractivity contribution in [3.05, 3.63) is 64.7 Å². The fourth-order valence-electron chi connectivity index (χ4n) is 6.65. The number of benzene rings is 2. The van der Waals surface area contributed by atoms with Gasteiger partial charge in [0.05, 0.1) is 11.5 Å². The Kier molecular flexibility index (Phi) is 17.2. The summed E-state index contributed by atoms with van der Waals surface area (Å²) in [6.45, 7) is 4.53. The Morgan fingerprint density at radius 3 is 1.70 bits per heavy atom. The van der Waals surface area contributed by atoms with Crippen LogP contribution in [0.2, 0.25) is 0 Å². The van der Waals surface area contributed by atoms with Crippen LogP contribution in [-0.2, 0) is 17.6 Å². The molecule has 0 spiro atoms. The van der Waals surface area contributed by atoms with Crippen molar-refractivity contribution in [2.45, 2.75) is 161 Å². The first-order valence-electron chi connectivity index (χ1n) is 18.0. The maximum absolute atomic E-state index is 13.0. The van der Waals surface area contributed by atoms with Crippen LogP contribution >= 0.6 is 0 Å². The zero-order valence-corrected chi connectivity index (χ0v) is 27.5. The molecule has 0 bridgehead atoms. The zero-order chi connectivity index (χ0) is 30.5. The molecule has 2 aromatic carbocycles. The van der Waals surface area contributed by atoms with E-state index in [0.29, 0.717) is 17.2 Å². The van der Waals surface area contributed by atoms with Crippen LogP contribution in [0.1, 0.15) is 170 Å². The van der Waals surface area contributed by atoms with Crippen LogP contribution < -0.4 is 4.74 Å². The molecule has 1 fully saturated rings. The molecule has 0 unspecified atom stereocenters. The van der Waals surface area contributed by atoms with Crippen LogP contribution in [0.5, 0.6) is 5.75 Å². The normalized spacial score (nSPS) is 16.6. The zero-order valence-electron chi connectivity index (χ0n) is 27.5. The fourth-order valence-corrected chi connectivity index (χ4v) is 6.65. The van der Waals surface area contributed by atoms with Gasteiger partial charge in [0, 0.05) is 0 Å². The van der Waals surface area contributed by atoms with Crippen LogP contribution in [0, 0.1) is 17.2 Å². The average Bonchev–Trinajstić information content (AvgIpc) is 3.04.